The van der Waals surface area contributed by atoms with Crippen LogP contribution in [0, 0.1) is 27.7 Å². The van der Waals surface area contributed by atoms with Crippen LogP contribution in [0.2, 0.25) is 0 Å². The van der Waals surface area contributed by atoms with Crippen LogP contribution in [0.5, 0.6) is 5.75 Å². The van der Waals surface area contributed by atoms with Crippen LogP contribution >= 0.6 is 0 Å². The van der Waals surface area contributed by atoms with Crippen molar-refractivity contribution in [3.8, 4) is 5.75 Å². The topological polar surface area (TPSA) is 74.0 Å². The third-order valence-electron chi connectivity index (χ3n) is 6.81. The van der Waals surface area contributed by atoms with Crippen molar-refractivity contribution in [1.29, 1.82) is 0 Å². The monoisotopic (exact) mass is 434 g/mol. The summed E-state index contributed by atoms with van der Waals surface area (Å²) in [7, 11) is 0. The molecular weight excluding hydrogens is 404 g/mol. The summed E-state index contributed by atoms with van der Waals surface area (Å²) < 4.78 is 5.50. The molecule has 1 aliphatic rings. The number of phenolic OH excluding ortho intramolecular Hbond substituents is 1. The van der Waals surface area contributed by atoms with Crippen molar-refractivity contribution in [2.24, 2.45) is 0 Å². The Kier molecular flexibility index (Phi) is 5.96. The molecule has 0 radical (unpaired) electrons. The van der Waals surface area contributed by atoms with Gasteiger partial charge in [-0.15, -0.1) is 0 Å². The van der Waals surface area contributed by atoms with Crippen LogP contribution in [0.15, 0.2) is 39.5 Å². The van der Waals surface area contributed by atoms with Gasteiger partial charge in [-0.2, -0.15) is 0 Å². The van der Waals surface area contributed by atoms with Gasteiger partial charge in [-0.1, -0.05) is 12.1 Å². The van der Waals surface area contributed by atoms with Gasteiger partial charge in [0.2, 0.25) is 5.91 Å². The van der Waals surface area contributed by atoms with Crippen LogP contribution in [0.25, 0.3) is 11.0 Å². The zero-order valence-corrected chi connectivity index (χ0v) is 19.2. The SMILES string of the molecule is Cc1cccc(N2CCN(C(=O)CCc3c(C)c4ccc(O)c(C)c4oc3=O)CC2)c1C. The van der Waals surface area contributed by atoms with Gasteiger partial charge in [0.1, 0.15) is 11.3 Å². The molecule has 1 aliphatic heterocycles. The van der Waals surface area contributed by atoms with Crippen LogP contribution in [-0.4, -0.2) is 42.1 Å². The van der Waals surface area contributed by atoms with Crippen molar-refractivity contribution >= 4 is 22.6 Å². The van der Waals surface area contributed by atoms with Crippen LogP contribution in [0.3, 0.4) is 0 Å². The first-order chi connectivity index (χ1) is 15.3. The highest BCUT2D eigenvalue weighted by Gasteiger charge is 2.23. The second kappa shape index (κ2) is 8.69. The molecule has 0 aliphatic carbocycles. The van der Waals surface area contributed by atoms with Gasteiger partial charge in [0, 0.05) is 54.8 Å². The molecule has 0 atom stereocenters. The lowest BCUT2D eigenvalue weighted by Crippen LogP contribution is -2.49. The first kappa shape index (κ1) is 21.9. The normalized spacial score (nSPS) is 14.2. The first-order valence-electron chi connectivity index (χ1n) is 11.1. The van der Waals surface area contributed by atoms with Crippen LogP contribution < -0.4 is 10.5 Å². The Hall–Kier alpha value is -3.28. The van der Waals surface area contributed by atoms with Gasteiger partial charge in [-0.25, -0.2) is 4.79 Å². The fourth-order valence-corrected chi connectivity index (χ4v) is 4.53. The predicted molar refractivity (Wildman–Crippen MR) is 127 cm³/mol. The maximum absolute atomic E-state index is 12.9. The number of piperazine rings is 1. The Morgan fingerprint density at radius 3 is 2.41 bits per heavy atom. The Morgan fingerprint density at radius 1 is 0.969 bits per heavy atom. The molecule has 168 valence electrons. The standard InChI is InChI=1S/C26H30N2O4/c1-16-6-5-7-22(17(16)2)27-12-14-28(15-13-27)24(30)11-9-21-18(3)20-8-10-23(29)19(4)25(20)32-26(21)31/h5-8,10,29H,9,11-15H2,1-4H3. The molecule has 1 aromatic heterocycles. The number of amides is 1. The second-order valence-electron chi connectivity index (χ2n) is 8.67. The Balaban J connectivity index is 1.43. The van der Waals surface area contributed by atoms with E-state index in [4.69, 9.17) is 4.42 Å². The summed E-state index contributed by atoms with van der Waals surface area (Å²) in [5, 5.41) is 10.7. The lowest BCUT2D eigenvalue weighted by Gasteiger charge is -2.37. The van der Waals surface area contributed by atoms with E-state index in [-0.39, 0.29) is 18.1 Å². The number of phenols is 1. The van der Waals surface area contributed by atoms with E-state index in [1.165, 1.54) is 16.8 Å². The molecule has 1 N–H and O–H groups in total. The van der Waals surface area contributed by atoms with E-state index in [0.29, 0.717) is 36.2 Å². The summed E-state index contributed by atoms with van der Waals surface area (Å²) in [6.45, 7) is 10.8. The minimum atomic E-state index is -0.434. The molecule has 0 unspecified atom stereocenters. The molecule has 0 bridgehead atoms. The second-order valence-corrected chi connectivity index (χ2v) is 8.67. The lowest BCUT2D eigenvalue weighted by atomic mass is 10.00. The van der Waals surface area contributed by atoms with E-state index in [9.17, 15) is 14.7 Å². The van der Waals surface area contributed by atoms with Gasteiger partial charge in [0.15, 0.2) is 0 Å². The van der Waals surface area contributed by atoms with Crippen LogP contribution in [-0.2, 0) is 11.2 Å². The minimum Gasteiger partial charge on any atom is -0.508 e. The molecule has 4 rings (SSSR count). The van der Waals surface area contributed by atoms with E-state index in [1.54, 1.807) is 19.1 Å². The van der Waals surface area contributed by atoms with Gasteiger partial charge >= 0.3 is 5.63 Å². The quantitative estimate of drug-likeness (QED) is 0.628. The summed E-state index contributed by atoms with van der Waals surface area (Å²) in [6, 6.07) is 9.70. The van der Waals surface area contributed by atoms with E-state index < -0.39 is 5.63 Å². The maximum Gasteiger partial charge on any atom is 0.339 e. The first-order valence-corrected chi connectivity index (χ1v) is 11.1. The number of benzene rings is 2. The van der Waals surface area contributed by atoms with E-state index in [2.05, 4.69) is 36.9 Å². The third-order valence-corrected chi connectivity index (χ3v) is 6.81. The minimum absolute atomic E-state index is 0.0615. The van der Waals surface area contributed by atoms with Crippen molar-refractivity contribution in [2.75, 3.05) is 31.1 Å². The maximum atomic E-state index is 12.9. The average molecular weight is 435 g/mol. The van der Waals surface area contributed by atoms with Crippen molar-refractivity contribution < 1.29 is 14.3 Å². The Morgan fingerprint density at radius 2 is 1.69 bits per heavy atom. The molecule has 6 heteroatoms. The molecule has 2 heterocycles. The lowest BCUT2D eigenvalue weighted by molar-refractivity contribution is -0.131. The molecule has 1 amide bonds. The molecule has 32 heavy (non-hydrogen) atoms. The molecule has 0 saturated carbocycles. The number of carbonyl (C=O) groups excluding carboxylic acids is 1. The molecule has 0 spiro atoms. The Labute approximate surface area is 188 Å². The number of carbonyl (C=O) groups is 1. The number of hydrogen-bond acceptors (Lipinski definition) is 5. The highest BCUT2D eigenvalue weighted by molar-refractivity contribution is 5.85. The summed E-state index contributed by atoms with van der Waals surface area (Å²) in [4.78, 5) is 29.7. The number of rotatable bonds is 4. The average Bonchev–Trinajstić information content (AvgIpc) is 2.78. The van der Waals surface area contributed by atoms with E-state index in [0.717, 1.165) is 24.0 Å². The fourth-order valence-electron chi connectivity index (χ4n) is 4.53. The summed E-state index contributed by atoms with van der Waals surface area (Å²) in [5.74, 6) is 0.161. The molecule has 2 aromatic carbocycles. The molecule has 3 aromatic rings. The molecule has 1 saturated heterocycles. The zero-order valence-electron chi connectivity index (χ0n) is 19.2. The largest absolute Gasteiger partial charge is 0.508 e. The summed E-state index contributed by atoms with van der Waals surface area (Å²) >= 11 is 0. The van der Waals surface area contributed by atoms with Crippen molar-refractivity contribution in [3.63, 3.8) is 0 Å². The van der Waals surface area contributed by atoms with Crippen LogP contribution in [0.4, 0.5) is 5.69 Å². The highest BCUT2D eigenvalue weighted by Crippen LogP contribution is 2.29. The third kappa shape index (κ3) is 3.97. The fraction of sp³-hybridized carbons (Fsp3) is 0.385. The number of anilines is 1. The van der Waals surface area contributed by atoms with Crippen molar-refractivity contribution in [3.05, 3.63) is 68.6 Å². The van der Waals surface area contributed by atoms with E-state index in [1.807, 2.05) is 11.8 Å². The molecule has 1 fully saturated rings. The molecular formula is C26H30N2O4. The van der Waals surface area contributed by atoms with Crippen molar-refractivity contribution in [1.82, 2.24) is 4.90 Å². The molecule has 6 nitrogen and oxygen atoms in total. The van der Waals surface area contributed by atoms with Gasteiger partial charge in [-0.05, 0) is 69.0 Å². The number of aromatic hydroxyl groups is 1. The number of hydrogen-bond donors (Lipinski definition) is 1. The predicted octanol–water partition coefficient (Wildman–Crippen LogP) is 4.01. The summed E-state index contributed by atoms with van der Waals surface area (Å²) in [5.41, 5.74) is 5.67. The summed E-state index contributed by atoms with van der Waals surface area (Å²) in [6.07, 6.45) is 0.623. The number of aryl methyl sites for hydroxylation is 3. The van der Waals surface area contributed by atoms with Gasteiger partial charge < -0.3 is 19.3 Å². The number of fused-ring (bicyclic) bond motifs is 1. The van der Waals surface area contributed by atoms with Gasteiger partial charge in [0.25, 0.3) is 0 Å². The highest BCUT2D eigenvalue weighted by atomic mass is 16.4. The van der Waals surface area contributed by atoms with Gasteiger partial charge in [-0.3, -0.25) is 4.79 Å². The van der Waals surface area contributed by atoms with Crippen LogP contribution in [0.1, 0.15) is 34.2 Å². The number of nitrogens with zero attached hydrogens (tertiary/aromatic N) is 2. The Bertz CT molecular complexity index is 1240. The van der Waals surface area contributed by atoms with Crippen molar-refractivity contribution in [2.45, 2.75) is 40.5 Å². The van der Waals surface area contributed by atoms with E-state index >= 15 is 0 Å². The van der Waals surface area contributed by atoms with Gasteiger partial charge in [0.05, 0.1) is 0 Å². The smallest absolute Gasteiger partial charge is 0.339 e. The zero-order chi connectivity index (χ0) is 23.0.